The third kappa shape index (κ3) is 2.52. The number of quaternary nitrogens is 1. The molecule has 3 rings (SSSR count). The van der Waals surface area contributed by atoms with Crippen LogP contribution in [0.2, 0.25) is 0 Å². The van der Waals surface area contributed by atoms with Crippen molar-refractivity contribution in [2.75, 3.05) is 27.5 Å². The van der Waals surface area contributed by atoms with Crippen LogP contribution in [0.5, 0.6) is 17.2 Å². The molecule has 5 nitrogen and oxygen atoms in total. The zero-order chi connectivity index (χ0) is 15.9. The van der Waals surface area contributed by atoms with Crippen LogP contribution in [0.15, 0.2) is 6.07 Å². The van der Waals surface area contributed by atoms with Gasteiger partial charge in [0.25, 0.3) is 0 Å². The Kier molecular flexibility index (Phi) is 4.19. The van der Waals surface area contributed by atoms with Gasteiger partial charge in [0.2, 0.25) is 12.5 Å². The Labute approximate surface area is 131 Å². The molecule has 1 aromatic rings. The van der Waals surface area contributed by atoms with Gasteiger partial charge in [-0.25, -0.2) is 0 Å². The summed E-state index contributed by atoms with van der Waals surface area (Å²) in [5.41, 5.74) is 2.43. The van der Waals surface area contributed by atoms with Crippen LogP contribution in [-0.4, -0.2) is 38.7 Å². The van der Waals surface area contributed by atoms with Crippen LogP contribution >= 0.6 is 0 Å². The summed E-state index contributed by atoms with van der Waals surface area (Å²) >= 11 is 0. The highest BCUT2D eigenvalue weighted by Crippen LogP contribution is 2.48. The number of aliphatic hydroxyl groups excluding tert-OH is 1. The fourth-order valence-corrected chi connectivity index (χ4v) is 3.45. The smallest absolute Gasteiger partial charge is 0.231 e. The van der Waals surface area contributed by atoms with Gasteiger partial charge >= 0.3 is 0 Å². The molecule has 0 radical (unpaired) electrons. The second-order valence-corrected chi connectivity index (χ2v) is 6.66. The molecule has 1 aromatic carbocycles. The Morgan fingerprint density at radius 1 is 1.41 bits per heavy atom. The van der Waals surface area contributed by atoms with Crippen molar-refractivity contribution in [1.29, 1.82) is 0 Å². The van der Waals surface area contributed by atoms with E-state index in [0.717, 1.165) is 30.9 Å². The first-order valence-electron chi connectivity index (χ1n) is 8.02. The van der Waals surface area contributed by atoms with E-state index >= 15 is 0 Å². The molecule has 2 aliphatic heterocycles. The second kappa shape index (κ2) is 5.97. The summed E-state index contributed by atoms with van der Waals surface area (Å²) < 4.78 is 16.8. The zero-order valence-corrected chi connectivity index (χ0v) is 13.8. The SMILES string of the molecule is COc1c2c(cc3c1[C@H](C[C@@H](O)C(C)C)[NH+](C)CC3)OCO2. The van der Waals surface area contributed by atoms with Gasteiger partial charge in [-0.2, -0.15) is 0 Å². The van der Waals surface area contributed by atoms with Crippen molar-refractivity contribution in [3.8, 4) is 17.2 Å². The molecule has 2 N–H and O–H groups in total. The number of likely N-dealkylation sites (N-methyl/N-ethyl adjacent to an activating group) is 1. The highest BCUT2D eigenvalue weighted by atomic mass is 16.7. The fourth-order valence-electron chi connectivity index (χ4n) is 3.45. The van der Waals surface area contributed by atoms with E-state index < -0.39 is 0 Å². The maximum absolute atomic E-state index is 10.4. The lowest BCUT2D eigenvalue weighted by Crippen LogP contribution is -3.10. The molecule has 1 unspecified atom stereocenters. The third-order valence-corrected chi connectivity index (χ3v) is 4.93. The highest BCUT2D eigenvalue weighted by Gasteiger charge is 2.37. The molecule has 122 valence electrons. The maximum Gasteiger partial charge on any atom is 0.231 e. The van der Waals surface area contributed by atoms with Crippen molar-refractivity contribution < 1.29 is 24.2 Å². The number of rotatable bonds is 4. The summed E-state index contributed by atoms with van der Waals surface area (Å²) in [6.07, 6.45) is 1.40. The van der Waals surface area contributed by atoms with E-state index in [0.29, 0.717) is 5.75 Å². The van der Waals surface area contributed by atoms with Gasteiger partial charge < -0.3 is 24.2 Å². The molecule has 0 fully saturated rings. The van der Waals surface area contributed by atoms with Crippen molar-refractivity contribution in [3.05, 3.63) is 17.2 Å². The molecule has 0 saturated carbocycles. The maximum atomic E-state index is 10.4. The molecule has 2 aliphatic rings. The van der Waals surface area contributed by atoms with E-state index in [2.05, 4.69) is 27.0 Å². The van der Waals surface area contributed by atoms with Crippen LogP contribution in [0.3, 0.4) is 0 Å². The molecule has 3 atom stereocenters. The quantitative estimate of drug-likeness (QED) is 0.869. The molecule has 0 amide bonds. The summed E-state index contributed by atoms with van der Waals surface area (Å²) in [6.45, 7) is 5.41. The van der Waals surface area contributed by atoms with E-state index in [1.807, 2.05) is 0 Å². The Morgan fingerprint density at radius 2 is 2.18 bits per heavy atom. The normalized spacial score (nSPS) is 24.3. The molecule has 0 spiro atoms. The van der Waals surface area contributed by atoms with Crippen LogP contribution in [-0.2, 0) is 6.42 Å². The minimum atomic E-state index is -0.318. The number of hydrogen-bond acceptors (Lipinski definition) is 4. The van der Waals surface area contributed by atoms with E-state index in [-0.39, 0.29) is 24.9 Å². The first-order valence-corrected chi connectivity index (χ1v) is 8.02. The number of aliphatic hydroxyl groups is 1. The fraction of sp³-hybridized carbons (Fsp3) is 0.647. The summed E-state index contributed by atoms with van der Waals surface area (Å²) in [5, 5.41) is 10.4. The van der Waals surface area contributed by atoms with Crippen molar-refractivity contribution >= 4 is 0 Å². The summed E-state index contributed by atoms with van der Waals surface area (Å²) in [6, 6.07) is 2.30. The average molecular weight is 308 g/mol. The Morgan fingerprint density at radius 3 is 2.86 bits per heavy atom. The Hall–Kier alpha value is -1.46. The van der Waals surface area contributed by atoms with E-state index in [1.165, 1.54) is 16.0 Å². The van der Waals surface area contributed by atoms with Crippen LogP contribution in [0, 0.1) is 5.92 Å². The van der Waals surface area contributed by atoms with Crippen LogP contribution in [0.4, 0.5) is 0 Å². The average Bonchev–Trinajstić information content (AvgIpc) is 2.95. The number of hydrogen-bond donors (Lipinski definition) is 2. The van der Waals surface area contributed by atoms with Gasteiger partial charge in [-0.3, -0.25) is 0 Å². The highest BCUT2D eigenvalue weighted by molar-refractivity contribution is 5.61. The zero-order valence-electron chi connectivity index (χ0n) is 13.8. The Balaban J connectivity index is 2.04. The van der Waals surface area contributed by atoms with Gasteiger partial charge in [0.05, 0.1) is 32.4 Å². The van der Waals surface area contributed by atoms with Crippen molar-refractivity contribution in [1.82, 2.24) is 0 Å². The first kappa shape index (κ1) is 15.4. The largest absolute Gasteiger partial charge is 0.492 e. The van der Waals surface area contributed by atoms with Gasteiger partial charge in [0, 0.05) is 12.8 Å². The number of benzene rings is 1. The minimum absolute atomic E-state index is 0.214. The number of fused-ring (bicyclic) bond motifs is 2. The third-order valence-electron chi connectivity index (χ3n) is 4.93. The topological polar surface area (TPSA) is 52.4 Å². The van der Waals surface area contributed by atoms with Gasteiger partial charge in [-0.05, 0) is 17.5 Å². The van der Waals surface area contributed by atoms with Crippen LogP contribution in [0.25, 0.3) is 0 Å². The summed E-state index contributed by atoms with van der Waals surface area (Å²) in [5.74, 6) is 2.52. The molecular weight excluding hydrogens is 282 g/mol. The standard InChI is InChI=1S/C17H25NO4/c1-10(2)13(19)8-12-15-11(5-6-18(12)3)7-14-16(17(15)20-4)22-9-21-14/h7,10,12-13,19H,5-6,8-9H2,1-4H3/p+1/t12-,13+/m0/s1. The summed E-state index contributed by atoms with van der Waals surface area (Å²) in [7, 11) is 3.86. The van der Waals surface area contributed by atoms with E-state index in [9.17, 15) is 5.11 Å². The van der Waals surface area contributed by atoms with E-state index in [4.69, 9.17) is 14.2 Å². The second-order valence-electron chi connectivity index (χ2n) is 6.66. The number of methoxy groups -OCH3 is 1. The molecule has 0 bridgehead atoms. The van der Waals surface area contributed by atoms with Crippen LogP contribution < -0.4 is 19.1 Å². The van der Waals surface area contributed by atoms with Crippen LogP contribution in [0.1, 0.15) is 37.4 Å². The lowest BCUT2D eigenvalue weighted by atomic mass is 9.86. The van der Waals surface area contributed by atoms with E-state index in [1.54, 1.807) is 7.11 Å². The van der Waals surface area contributed by atoms with Gasteiger partial charge in [-0.15, -0.1) is 0 Å². The predicted molar refractivity (Wildman–Crippen MR) is 82.8 cm³/mol. The lowest BCUT2D eigenvalue weighted by molar-refractivity contribution is -0.915. The molecule has 5 heteroatoms. The van der Waals surface area contributed by atoms with Crippen molar-refractivity contribution in [2.45, 2.75) is 38.8 Å². The van der Waals surface area contributed by atoms with Crippen molar-refractivity contribution in [3.63, 3.8) is 0 Å². The Bertz CT molecular complexity index is 558. The van der Waals surface area contributed by atoms with Gasteiger partial charge in [0.15, 0.2) is 11.5 Å². The number of nitrogens with one attached hydrogen (secondary N) is 1. The lowest BCUT2D eigenvalue weighted by Gasteiger charge is -2.34. The molecular formula is C17H26NO4+. The minimum Gasteiger partial charge on any atom is -0.492 e. The molecule has 0 saturated heterocycles. The van der Waals surface area contributed by atoms with Gasteiger partial charge in [-0.1, -0.05) is 13.8 Å². The molecule has 0 aromatic heterocycles. The monoisotopic (exact) mass is 308 g/mol. The summed E-state index contributed by atoms with van der Waals surface area (Å²) in [4.78, 5) is 1.41. The number of ether oxygens (including phenoxy) is 3. The molecule has 22 heavy (non-hydrogen) atoms. The van der Waals surface area contributed by atoms with Crippen molar-refractivity contribution in [2.24, 2.45) is 5.92 Å². The molecule has 0 aliphatic carbocycles. The van der Waals surface area contributed by atoms with Gasteiger partial charge in [0.1, 0.15) is 6.04 Å². The molecule has 2 heterocycles. The predicted octanol–water partition coefficient (Wildman–Crippen LogP) is 0.943. The first-order chi connectivity index (χ1) is 10.5.